The predicted octanol–water partition coefficient (Wildman–Crippen LogP) is 4.53. The predicted molar refractivity (Wildman–Crippen MR) is 81.9 cm³/mol. The summed E-state index contributed by atoms with van der Waals surface area (Å²) in [5.74, 6) is 0. The molecular weight excluding hydrogens is 301 g/mol. The van der Waals surface area contributed by atoms with Gasteiger partial charge < -0.3 is 5.11 Å². The molecule has 0 aliphatic carbocycles. The molecule has 0 amide bonds. The Bertz CT molecular complexity index is 550. The van der Waals surface area contributed by atoms with Crippen LogP contribution in [-0.2, 0) is 0 Å². The van der Waals surface area contributed by atoms with E-state index >= 15 is 0 Å². The summed E-state index contributed by atoms with van der Waals surface area (Å²) < 4.78 is 0. The Balaban J connectivity index is 2.34. The van der Waals surface area contributed by atoms with Crippen molar-refractivity contribution in [2.24, 2.45) is 0 Å². The van der Waals surface area contributed by atoms with Crippen LogP contribution in [0.1, 0.15) is 22.5 Å². The topological polar surface area (TPSA) is 33.1 Å². The molecule has 0 aliphatic rings. The summed E-state index contributed by atoms with van der Waals surface area (Å²) in [5, 5.41) is 11.5. The summed E-state index contributed by atoms with van der Waals surface area (Å²) in [6, 6.07) is 8.98. The number of aromatic nitrogens is 1. The molecule has 1 aromatic heterocycles. The number of pyridine rings is 1. The Morgan fingerprint density at radius 3 is 2.63 bits per heavy atom. The second-order valence-corrected chi connectivity index (χ2v) is 5.88. The zero-order chi connectivity index (χ0) is 13.8. The number of benzene rings is 1. The smallest absolute Gasteiger partial charge is 0.0964 e. The Morgan fingerprint density at radius 1 is 1.26 bits per heavy atom. The van der Waals surface area contributed by atoms with E-state index in [1.54, 1.807) is 42.4 Å². The van der Waals surface area contributed by atoms with Crippen molar-refractivity contribution in [3.63, 3.8) is 0 Å². The van der Waals surface area contributed by atoms with Crippen molar-refractivity contribution in [1.82, 2.24) is 4.98 Å². The molecule has 0 bridgehead atoms. The number of rotatable bonds is 4. The van der Waals surface area contributed by atoms with Crippen molar-refractivity contribution >= 4 is 35.0 Å². The summed E-state index contributed by atoms with van der Waals surface area (Å²) in [6.45, 7) is 0. The first kappa shape index (κ1) is 14.7. The third kappa shape index (κ3) is 3.42. The van der Waals surface area contributed by atoms with Crippen LogP contribution in [0.5, 0.6) is 0 Å². The molecule has 2 aromatic rings. The normalized spacial score (nSPS) is 14.1. The molecule has 1 aromatic carbocycles. The van der Waals surface area contributed by atoms with Crippen LogP contribution in [0.2, 0.25) is 10.0 Å². The second kappa shape index (κ2) is 6.62. The third-order valence-corrected chi connectivity index (χ3v) is 4.42. The van der Waals surface area contributed by atoms with Gasteiger partial charge in [-0.25, -0.2) is 0 Å². The number of aliphatic hydroxyl groups excluding tert-OH is 1. The minimum atomic E-state index is -0.664. The SMILES string of the molecule is CSC(c1ccc(Cl)cc1Cl)C(O)c1cccnc1. The molecular formula is C14H13Cl2NOS. The lowest BCUT2D eigenvalue weighted by Crippen LogP contribution is -2.08. The van der Waals surface area contributed by atoms with E-state index in [4.69, 9.17) is 23.2 Å². The van der Waals surface area contributed by atoms with E-state index in [9.17, 15) is 5.11 Å². The van der Waals surface area contributed by atoms with Gasteiger partial charge in [0.2, 0.25) is 0 Å². The van der Waals surface area contributed by atoms with Gasteiger partial charge in [0.25, 0.3) is 0 Å². The molecule has 100 valence electrons. The van der Waals surface area contributed by atoms with Crippen molar-refractivity contribution in [3.8, 4) is 0 Å². The summed E-state index contributed by atoms with van der Waals surface area (Å²) in [7, 11) is 0. The lowest BCUT2D eigenvalue weighted by atomic mass is 10.0. The first-order valence-electron chi connectivity index (χ1n) is 5.69. The number of thioether (sulfide) groups is 1. The minimum Gasteiger partial charge on any atom is -0.387 e. The standard InChI is InChI=1S/C14H13Cl2NOS/c1-19-14(11-5-4-10(15)7-12(11)16)13(18)9-3-2-6-17-8-9/h2-8,13-14,18H,1H3. The van der Waals surface area contributed by atoms with Gasteiger partial charge >= 0.3 is 0 Å². The van der Waals surface area contributed by atoms with Gasteiger partial charge in [0.05, 0.1) is 11.4 Å². The van der Waals surface area contributed by atoms with Gasteiger partial charge in [0, 0.05) is 28.0 Å². The van der Waals surface area contributed by atoms with Gasteiger partial charge in [-0.2, -0.15) is 11.8 Å². The monoisotopic (exact) mass is 313 g/mol. The number of hydrogen-bond acceptors (Lipinski definition) is 3. The van der Waals surface area contributed by atoms with Gasteiger partial charge in [-0.1, -0.05) is 35.3 Å². The van der Waals surface area contributed by atoms with Gasteiger partial charge in [-0.05, 0) is 30.0 Å². The fourth-order valence-corrected chi connectivity index (χ4v) is 3.35. The van der Waals surface area contributed by atoms with Crippen LogP contribution >= 0.6 is 35.0 Å². The number of hydrogen-bond donors (Lipinski definition) is 1. The van der Waals surface area contributed by atoms with E-state index in [1.807, 2.05) is 18.4 Å². The molecule has 19 heavy (non-hydrogen) atoms. The molecule has 0 saturated heterocycles. The quantitative estimate of drug-likeness (QED) is 0.900. The zero-order valence-corrected chi connectivity index (χ0v) is 12.6. The van der Waals surface area contributed by atoms with Crippen LogP contribution in [0.15, 0.2) is 42.7 Å². The number of halogens is 2. The molecule has 1 N–H and O–H groups in total. The van der Waals surface area contributed by atoms with Gasteiger partial charge in [0.1, 0.15) is 0 Å². The largest absolute Gasteiger partial charge is 0.387 e. The first-order valence-corrected chi connectivity index (χ1v) is 7.73. The van der Waals surface area contributed by atoms with E-state index in [1.165, 1.54) is 0 Å². The fourth-order valence-electron chi connectivity index (χ4n) is 1.88. The van der Waals surface area contributed by atoms with Crippen LogP contribution in [-0.4, -0.2) is 16.3 Å². The maximum atomic E-state index is 10.5. The van der Waals surface area contributed by atoms with E-state index in [0.29, 0.717) is 10.0 Å². The third-order valence-electron chi connectivity index (χ3n) is 2.84. The Morgan fingerprint density at radius 2 is 2.05 bits per heavy atom. The zero-order valence-electron chi connectivity index (χ0n) is 10.3. The molecule has 0 aliphatic heterocycles. The summed E-state index contributed by atoms with van der Waals surface area (Å²) >= 11 is 13.6. The molecule has 2 rings (SSSR count). The fraction of sp³-hybridized carbons (Fsp3) is 0.214. The van der Waals surface area contributed by atoms with Crippen LogP contribution in [0.4, 0.5) is 0 Å². The van der Waals surface area contributed by atoms with Gasteiger partial charge in [-0.15, -0.1) is 0 Å². The number of aliphatic hydroxyl groups is 1. The highest BCUT2D eigenvalue weighted by Gasteiger charge is 2.24. The summed E-state index contributed by atoms with van der Waals surface area (Å²) in [6.07, 6.45) is 4.62. The molecule has 0 saturated carbocycles. The van der Waals surface area contributed by atoms with Gasteiger partial charge in [0.15, 0.2) is 0 Å². The highest BCUT2D eigenvalue weighted by molar-refractivity contribution is 7.98. The molecule has 2 atom stereocenters. The van der Waals surface area contributed by atoms with Gasteiger partial charge in [-0.3, -0.25) is 4.98 Å². The number of nitrogens with zero attached hydrogens (tertiary/aromatic N) is 1. The van der Waals surface area contributed by atoms with Crippen molar-refractivity contribution in [3.05, 3.63) is 63.9 Å². The van der Waals surface area contributed by atoms with Crippen LogP contribution in [0.25, 0.3) is 0 Å². The van der Waals surface area contributed by atoms with Crippen LogP contribution in [0.3, 0.4) is 0 Å². The molecule has 1 heterocycles. The van der Waals surface area contributed by atoms with Crippen LogP contribution in [0, 0.1) is 0 Å². The highest BCUT2D eigenvalue weighted by Crippen LogP contribution is 2.41. The maximum absolute atomic E-state index is 10.5. The average Bonchev–Trinajstić information content (AvgIpc) is 2.42. The molecule has 0 spiro atoms. The van der Waals surface area contributed by atoms with Crippen molar-refractivity contribution in [1.29, 1.82) is 0 Å². The molecule has 0 radical (unpaired) electrons. The Hall–Kier alpha value is -0.740. The lowest BCUT2D eigenvalue weighted by molar-refractivity contribution is 0.174. The van der Waals surface area contributed by atoms with Crippen LogP contribution < -0.4 is 0 Å². The lowest BCUT2D eigenvalue weighted by Gasteiger charge is -2.22. The summed E-state index contributed by atoms with van der Waals surface area (Å²) in [4.78, 5) is 4.03. The Kier molecular flexibility index (Phi) is 5.11. The maximum Gasteiger partial charge on any atom is 0.0964 e. The van der Waals surface area contributed by atoms with E-state index < -0.39 is 6.10 Å². The Labute approximate surface area is 126 Å². The summed E-state index contributed by atoms with van der Waals surface area (Å²) in [5.41, 5.74) is 1.64. The van der Waals surface area contributed by atoms with Crippen molar-refractivity contribution < 1.29 is 5.11 Å². The highest BCUT2D eigenvalue weighted by atomic mass is 35.5. The second-order valence-electron chi connectivity index (χ2n) is 4.05. The van der Waals surface area contributed by atoms with E-state index in [2.05, 4.69) is 4.98 Å². The molecule has 2 unspecified atom stereocenters. The average molecular weight is 314 g/mol. The molecule has 2 nitrogen and oxygen atoms in total. The van der Waals surface area contributed by atoms with E-state index in [0.717, 1.165) is 11.1 Å². The van der Waals surface area contributed by atoms with Crippen molar-refractivity contribution in [2.45, 2.75) is 11.4 Å². The minimum absolute atomic E-state index is 0.158. The van der Waals surface area contributed by atoms with E-state index in [-0.39, 0.29) is 5.25 Å². The first-order chi connectivity index (χ1) is 9.13. The van der Waals surface area contributed by atoms with Crippen molar-refractivity contribution in [2.75, 3.05) is 6.26 Å². The molecule has 5 heteroatoms. The molecule has 0 fully saturated rings.